The topological polar surface area (TPSA) is 519 Å². The van der Waals surface area contributed by atoms with Crippen LogP contribution in [0.5, 0.6) is 0 Å². The third kappa shape index (κ3) is 27.5. The molecule has 13 amide bonds. The van der Waals surface area contributed by atoms with Crippen molar-refractivity contribution in [1.29, 1.82) is 0 Å². The highest BCUT2D eigenvalue weighted by Gasteiger charge is 2.42. The van der Waals surface area contributed by atoms with Gasteiger partial charge in [-0.3, -0.25) is 67.3 Å². The molecule has 0 radical (unpaired) electrons. The molecule has 2 aliphatic rings. The van der Waals surface area contributed by atoms with E-state index in [0.717, 1.165) is 0 Å². The van der Waals surface area contributed by atoms with Crippen LogP contribution in [0.4, 0.5) is 0 Å². The molecule has 0 saturated carbocycles. The second kappa shape index (κ2) is 41.0. The summed E-state index contributed by atoms with van der Waals surface area (Å²) in [7, 11) is 0. The molecule has 2 aromatic carbocycles. The number of aliphatic imine (C=N–C) groups is 1. The Morgan fingerprint density at radius 1 is 0.537 bits per heavy atom. The molecular formula is C63H98N18O13S. The molecule has 0 spiro atoms. The summed E-state index contributed by atoms with van der Waals surface area (Å²) in [4.78, 5) is 185. The van der Waals surface area contributed by atoms with Crippen LogP contribution in [0.2, 0.25) is 0 Å². The highest BCUT2D eigenvalue weighted by Crippen LogP contribution is 2.24. The number of hydrogen-bond donors (Lipinski definition) is 15. The molecule has 31 nitrogen and oxygen atoms in total. The molecule has 2 heterocycles. The number of unbranched alkanes of at least 4 members (excludes halogenated alkanes) is 1. The fraction of sp³-hybridized carbons (Fsp3) is 0.587. The Balaban J connectivity index is 1.56. The lowest BCUT2D eigenvalue weighted by molar-refractivity contribution is -0.144. The summed E-state index contributed by atoms with van der Waals surface area (Å²) in [5.74, 6) is -9.80. The van der Waals surface area contributed by atoms with Crippen molar-refractivity contribution in [2.24, 2.45) is 51.0 Å². The number of rotatable bonds is 42. The first-order valence-corrected chi connectivity index (χ1v) is 33.6. The number of nitrogens with two attached hydrogens (primary N) is 7. The number of likely N-dealkylation sites (tertiary alicyclic amines) is 2. The van der Waals surface area contributed by atoms with E-state index in [1.807, 2.05) is 20.1 Å². The summed E-state index contributed by atoms with van der Waals surface area (Å²) in [5, 5.41) is 21.1. The van der Waals surface area contributed by atoms with E-state index in [1.165, 1.54) is 21.6 Å². The lowest BCUT2D eigenvalue weighted by Crippen LogP contribution is -2.60. The average molecular weight is 1350 g/mol. The van der Waals surface area contributed by atoms with Gasteiger partial charge >= 0.3 is 0 Å². The first kappa shape index (κ1) is 78.5. The number of hydrogen-bond acceptors (Lipinski definition) is 17. The minimum absolute atomic E-state index is 0.0736. The van der Waals surface area contributed by atoms with Crippen molar-refractivity contribution < 1.29 is 62.3 Å². The molecule has 0 unspecified atom stereocenters. The molecule has 0 aliphatic carbocycles. The van der Waals surface area contributed by atoms with Crippen LogP contribution in [0, 0.1) is 5.92 Å². The van der Waals surface area contributed by atoms with Crippen molar-refractivity contribution in [2.75, 3.05) is 44.7 Å². The van der Waals surface area contributed by atoms with Gasteiger partial charge in [0.2, 0.25) is 76.8 Å². The third-order valence-electron chi connectivity index (χ3n) is 16.0. The maximum absolute atomic E-state index is 14.7. The Morgan fingerprint density at radius 2 is 1.01 bits per heavy atom. The highest BCUT2D eigenvalue weighted by atomic mass is 32.2. The quantitative estimate of drug-likeness (QED) is 0.0173. The van der Waals surface area contributed by atoms with Gasteiger partial charge in [0, 0.05) is 45.3 Å². The lowest BCUT2D eigenvalue weighted by atomic mass is 10.0. The minimum atomic E-state index is -1.64. The molecule has 524 valence electrons. The normalized spacial score (nSPS) is 16.8. The summed E-state index contributed by atoms with van der Waals surface area (Å²) in [6.45, 7) is 3.86. The van der Waals surface area contributed by atoms with Crippen LogP contribution in [0.15, 0.2) is 65.7 Å². The molecule has 4 rings (SSSR count). The van der Waals surface area contributed by atoms with Crippen molar-refractivity contribution in [1.82, 2.24) is 52.3 Å². The van der Waals surface area contributed by atoms with Crippen molar-refractivity contribution in [3.05, 3.63) is 71.8 Å². The number of nitrogens with zero attached hydrogens (tertiary/aromatic N) is 3. The zero-order valence-corrected chi connectivity index (χ0v) is 55.3. The van der Waals surface area contributed by atoms with E-state index in [2.05, 4.69) is 47.5 Å². The van der Waals surface area contributed by atoms with E-state index < -0.39 is 169 Å². The molecule has 0 aromatic heterocycles. The molecule has 2 aromatic rings. The Morgan fingerprint density at radius 3 is 1.51 bits per heavy atom. The number of thioether (sulfide) groups is 1. The van der Waals surface area contributed by atoms with Crippen molar-refractivity contribution in [3.63, 3.8) is 0 Å². The summed E-state index contributed by atoms with van der Waals surface area (Å²) in [6.07, 6.45) is 3.12. The number of primary amides is 3. The molecule has 0 bridgehead atoms. The Labute approximate surface area is 558 Å². The summed E-state index contributed by atoms with van der Waals surface area (Å²) in [6, 6.07) is 4.51. The van der Waals surface area contributed by atoms with E-state index in [9.17, 15) is 62.3 Å². The maximum atomic E-state index is 14.7. The van der Waals surface area contributed by atoms with Crippen LogP contribution in [-0.4, -0.2) is 198 Å². The van der Waals surface area contributed by atoms with Gasteiger partial charge in [-0.2, -0.15) is 11.8 Å². The van der Waals surface area contributed by atoms with Crippen LogP contribution >= 0.6 is 11.8 Å². The molecule has 32 heteroatoms. The van der Waals surface area contributed by atoms with Gasteiger partial charge in [-0.1, -0.05) is 74.5 Å². The zero-order valence-electron chi connectivity index (χ0n) is 54.5. The van der Waals surface area contributed by atoms with Crippen LogP contribution in [0.1, 0.15) is 121 Å². The van der Waals surface area contributed by atoms with Gasteiger partial charge in [-0.05, 0) is 119 Å². The van der Waals surface area contributed by atoms with Gasteiger partial charge in [-0.25, -0.2) is 0 Å². The standard InChI is InChI=1S/C63H98N18O13S/c1-37(2)33-45(57(89)74-41(53(68)85)27-32-95-3)73-52(84)36-72-54(86)46(34-38-15-6-4-7-16-38)78-58(90)47(35-39-17-8-5-9-18-39)79-56(88)42(23-25-50(66)82)75-55(87)43(24-26-51(67)83)76-59(91)49-22-14-31-81(49)62(94)44(20-10-11-28-64)77-60(92)48-21-13-30-80(48)61(93)40(65)19-12-29-71-63(69)70/h4-9,15-18,37,40-49H,10-14,19-36,64-65H2,1-3H3,(H2,66,82)(H2,67,83)(H2,68,85)(H,72,86)(H,73,84)(H,74,89)(H,75,87)(H,76,91)(H,77,92)(H,78,90)(H,79,88)(H4,69,70,71)/t40-,41+,42-,43-,44-,45-,46+,47-,48+,49+/m1/s1. The zero-order chi connectivity index (χ0) is 70.1. The summed E-state index contributed by atoms with van der Waals surface area (Å²) in [5.41, 5.74) is 40.6. The predicted molar refractivity (Wildman–Crippen MR) is 356 cm³/mol. The van der Waals surface area contributed by atoms with Crippen LogP contribution in [-0.2, 0) is 75.2 Å². The van der Waals surface area contributed by atoms with Gasteiger partial charge in [0.15, 0.2) is 5.96 Å². The van der Waals surface area contributed by atoms with Gasteiger partial charge < -0.3 is 92.5 Å². The van der Waals surface area contributed by atoms with Crippen molar-refractivity contribution in [3.8, 4) is 0 Å². The number of amides is 13. The predicted octanol–water partition coefficient (Wildman–Crippen LogP) is -3.71. The number of benzene rings is 2. The van der Waals surface area contributed by atoms with Gasteiger partial charge in [0.05, 0.1) is 12.6 Å². The highest BCUT2D eigenvalue weighted by molar-refractivity contribution is 7.98. The van der Waals surface area contributed by atoms with Crippen LogP contribution in [0.25, 0.3) is 0 Å². The lowest BCUT2D eigenvalue weighted by Gasteiger charge is -2.32. The largest absolute Gasteiger partial charge is 0.370 e. The molecule has 2 fully saturated rings. The third-order valence-corrected chi connectivity index (χ3v) is 16.7. The molecule has 22 N–H and O–H groups in total. The van der Waals surface area contributed by atoms with Gasteiger partial charge in [-0.15, -0.1) is 0 Å². The second-order valence-electron chi connectivity index (χ2n) is 24.1. The summed E-state index contributed by atoms with van der Waals surface area (Å²) >= 11 is 1.45. The number of carbonyl (C=O) groups excluding carboxylic acids is 13. The fourth-order valence-corrected chi connectivity index (χ4v) is 11.5. The second-order valence-corrected chi connectivity index (χ2v) is 25.1. The van der Waals surface area contributed by atoms with Crippen molar-refractivity contribution in [2.45, 2.75) is 183 Å². The van der Waals surface area contributed by atoms with Crippen molar-refractivity contribution >= 4 is 94.5 Å². The molecular weight excluding hydrogens is 1250 g/mol. The van der Waals surface area contributed by atoms with E-state index in [4.69, 9.17) is 40.1 Å². The van der Waals surface area contributed by atoms with Crippen LogP contribution < -0.4 is 82.7 Å². The SMILES string of the molecule is CSCC[C@H](NC(=O)[C@@H](CC(C)C)NC(=O)CNC(=O)[C@H](Cc1ccccc1)NC(=O)[C@@H](Cc1ccccc1)NC(=O)[C@@H](CCC(N)=O)NC(=O)[C@@H](CCC(N)=O)NC(=O)[C@@H]1CCCN1C(=O)[C@@H](CCCCN)NC(=O)[C@@H]1CCCN1C(=O)[C@H](N)CCCN=C(N)N)C(N)=O. The fourth-order valence-electron chi connectivity index (χ4n) is 11.0. The molecule has 2 aliphatic heterocycles. The van der Waals surface area contributed by atoms with Gasteiger partial charge in [0.1, 0.15) is 54.4 Å². The smallest absolute Gasteiger partial charge is 0.245 e. The first-order valence-electron chi connectivity index (χ1n) is 32.2. The number of carbonyl (C=O) groups is 13. The van der Waals surface area contributed by atoms with Gasteiger partial charge in [0.25, 0.3) is 0 Å². The molecule has 95 heavy (non-hydrogen) atoms. The monoisotopic (exact) mass is 1350 g/mol. The van der Waals surface area contributed by atoms with E-state index in [-0.39, 0.29) is 83.0 Å². The van der Waals surface area contributed by atoms with E-state index in [1.54, 1.807) is 60.7 Å². The van der Waals surface area contributed by atoms with Crippen LogP contribution in [0.3, 0.4) is 0 Å². The first-order chi connectivity index (χ1) is 45.2. The Kier molecular flexibility index (Phi) is 33.9. The average Bonchev–Trinajstić information content (AvgIpc) is 1.74. The molecule has 10 atom stereocenters. The Bertz CT molecular complexity index is 2960. The number of guanidine groups is 1. The maximum Gasteiger partial charge on any atom is 0.245 e. The summed E-state index contributed by atoms with van der Waals surface area (Å²) < 4.78 is 0. The number of nitrogens with one attached hydrogen (secondary N) is 8. The van der Waals surface area contributed by atoms with E-state index in [0.29, 0.717) is 55.4 Å². The Hall–Kier alpha value is -8.91. The molecule has 2 saturated heterocycles. The van der Waals surface area contributed by atoms with E-state index >= 15 is 0 Å². The minimum Gasteiger partial charge on any atom is -0.370 e.